The highest BCUT2D eigenvalue weighted by atomic mass is 16.3. The van der Waals surface area contributed by atoms with Crippen molar-refractivity contribution in [2.24, 2.45) is 10.2 Å². The van der Waals surface area contributed by atoms with Gasteiger partial charge in [-0.1, -0.05) is 28.4 Å². The van der Waals surface area contributed by atoms with Crippen molar-refractivity contribution < 1.29 is 9.90 Å². The Morgan fingerprint density at radius 2 is 1.86 bits per heavy atom. The van der Waals surface area contributed by atoms with Crippen molar-refractivity contribution in [3.8, 4) is 0 Å². The average molecular weight is 284 g/mol. The van der Waals surface area contributed by atoms with E-state index >= 15 is 0 Å². The number of nitrogens with zero attached hydrogens (tertiary/aromatic N) is 6. The molecule has 0 aromatic heterocycles. The van der Waals surface area contributed by atoms with Crippen LogP contribution in [-0.2, 0) is 4.79 Å². The number of Topliss-reactive ketones (excluding diaryl/α,β-unsaturated/α-hetero) is 1. The Morgan fingerprint density at radius 1 is 1.24 bits per heavy atom. The average Bonchev–Trinajstić information content (AvgIpc) is 2.46. The van der Waals surface area contributed by atoms with Crippen LogP contribution in [0.5, 0.6) is 0 Å². The van der Waals surface area contributed by atoms with E-state index < -0.39 is 6.10 Å². The third kappa shape index (κ3) is 3.40. The molecule has 21 heavy (non-hydrogen) atoms. The first-order valence-electron chi connectivity index (χ1n) is 6.30. The molecule has 8 nitrogen and oxygen atoms in total. The number of aliphatic hydroxyl groups excluding tert-OH is 1. The van der Waals surface area contributed by atoms with Gasteiger partial charge in [0, 0.05) is 34.0 Å². The van der Waals surface area contributed by atoms with E-state index in [4.69, 9.17) is 11.1 Å². The molecule has 0 aliphatic heterocycles. The van der Waals surface area contributed by atoms with Crippen LogP contribution < -0.4 is 0 Å². The number of ketones is 1. The van der Waals surface area contributed by atoms with Crippen molar-refractivity contribution in [1.82, 2.24) is 0 Å². The van der Waals surface area contributed by atoms with E-state index in [1.54, 1.807) is 18.2 Å². The molecule has 0 heterocycles. The maximum absolute atomic E-state index is 11.9. The molecule has 1 fully saturated rings. The standard InChI is InChI=1S/C13H12N6O2/c14-18-16-11-2-1-3-12(17-19-15)10(11)7-8-6-9(20)4-5-13(8)21/h1-3,7,9,20H,4-6H2. The molecule has 1 aromatic rings. The third-order valence-electron chi connectivity index (χ3n) is 3.20. The first-order chi connectivity index (χ1) is 10.2. The summed E-state index contributed by atoms with van der Waals surface area (Å²) in [5.41, 5.74) is 18.5. The predicted octanol–water partition coefficient (Wildman–Crippen LogP) is 4.07. The summed E-state index contributed by atoms with van der Waals surface area (Å²) in [7, 11) is 0. The Morgan fingerprint density at radius 3 is 2.43 bits per heavy atom. The first kappa shape index (κ1) is 14.6. The molecule has 0 spiro atoms. The summed E-state index contributed by atoms with van der Waals surface area (Å²) >= 11 is 0. The quantitative estimate of drug-likeness (QED) is 0.387. The van der Waals surface area contributed by atoms with Crippen LogP contribution in [-0.4, -0.2) is 17.0 Å². The lowest BCUT2D eigenvalue weighted by Gasteiger charge is -2.19. The van der Waals surface area contributed by atoms with Crippen LogP contribution in [0.2, 0.25) is 0 Å². The normalized spacial score (nSPS) is 19.8. The Kier molecular flexibility index (Phi) is 4.58. The van der Waals surface area contributed by atoms with Gasteiger partial charge in [0.2, 0.25) is 0 Å². The summed E-state index contributed by atoms with van der Waals surface area (Å²) in [5.74, 6) is -0.0667. The zero-order valence-electron chi connectivity index (χ0n) is 11.0. The van der Waals surface area contributed by atoms with E-state index in [-0.39, 0.29) is 30.0 Å². The van der Waals surface area contributed by atoms with E-state index in [0.29, 0.717) is 17.6 Å². The molecule has 1 saturated carbocycles. The fourth-order valence-corrected chi connectivity index (χ4v) is 2.20. The molecular formula is C13H12N6O2. The van der Waals surface area contributed by atoms with Gasteiger partial charge in [-0.15, -0.1) is 0 Å². The number of rotatable bonds is 3. The predicted molar refractivity (Wildman–Crippen MR) is 76.9 cm³/mol. The minimum absolute atomic E-state index is 0.0667. The first-order valence-corrected chi connectivity index (χ1v) is 6.30. The number of carbonyl (C=O) groups excluding carboxylic acids is 1. The van der Waals surface area contributed by atoms with Gasteiger partial charge in [0.1, 0.15) is 0 Å². The summed E-state index contributed by atoms with van der Waals surface area (Å²) < 4.78 is 0. The molecule has 0 radical (unpaired) electrons. The second kappa shape index (κ2) is 6.58. The minimum atomic E-state index is -0.566. The summed E-state index contributed by atoms with van der Waals surface area (Å²) in [6, 6.07) is 4.71. The summed E-state index contributed by atoms with van der Waals surface area (Å²) in [5, 5.41) is 16.7. The van der Waals surface area contributed by atoms with Crippen LogP contribution in [0, 0.1) is 0 Å². The van der Waals surface area contributed by atoms with Crippen molar-refractivity contribution in [2.75, 3.05) is 0 Å². The van der Waals surface area contributed by atoms with Gasteiger partial charge in [0.15, 0.2) is 5.78 Å². The maximum atomic E-state index is 11.9. The van der Waals surface area contributed by atoms with E-state index in [2.05, 4.69) is 20.1 Å². The van der Waals surface area contributed by atoms with E-state index in [9.17, 15) is 9.90 Å². The van der Waals surface area contributed by atoms with Gasteiger partial charge >= 0.3 is 0 Å². The molecule has 8 heteroatoms. The zero-order chi connectivity index (χ0) is 15.2. The highest BCUT2D eigenvalue weighted by Crippen LogP contribution is 2.33. The third-order valence-corrected chi connectivity index (χ3v) is 3.20. The van der Waals surface area contributed by atoms with Crippen LogP contribution in [0.15, 0.2) is 34.0 Å². The van der Waals surface area contributed by atoms with Crippen LogP contribution >= 0.6 is 0 Å². The number of hydrogen-bond acceptors (Lipinski definition) is 4. The molecule has 1 aromatic carbocycles. The smallest absolute Gasteiger partial charge is 0.159 e. The van der Waals surface area contributed by atoms with Crippen molar-refractivity contribution in [3.63, 3.8) is 0 Å². The largest absolute Gasteiger partial charge is 0.393 e. The number of hydrogen-bond donors (Lipinski definition) is 1. The Balaban J connectivity index is 2.57. The van der Waals surface area contributed by atoms with Crippen LogP contribution in [0.1, 0.15) is 24.8 Å². The second-order valence-corrected chi connectivity index (χ2v) is 4.58. The number of aliphatic hydroxyl groups is 1. The molecule has 0 amide bonds. The number of benzene rings is 1. The van der Waals surface area contributed by atoms with Gasteiger partial charge in [-0.3, -0.25) is 4.79 Å². The second-order valence-electron chi connectivity index (χ2n) is 4.58. The highest BCUT2D eigenvalue weighted by molar-refractivity contribution is 6.01. The monoisotopic (exact) mass is 284 g/mol. The van der Waals surface area contributed by atoms with Crippen LogP contribution in [0.25, 0.3) is 27.0 Å². The Hall–Kier alpha value is -2.79. The van der Waals surface area contributed by atoms with Gasteiger partial charge in [-0.25, -0.2) is 0 Å². The lowest BCUT2D eigenvalue weighted by atomic mass is 9.89. The van der Waals surface area contributed by atoms with Gasteiger partial charge < -0.3 is 5.11 Å². The Bertz CT molecular complexity index is 662. The SMILES string of the molecule is [N-]=[N+]=Nc1cccc(N=[N+]=[N-])c1C=C1CC(O)CCC1=O. The number of azide groups is 2. The topological polar surface area (TPSA) is 135 Å². The molecule has 1 aliphatic rings. The zero-order valence-corrected chi connectivity index (χ0v) is 11.0. The summed E-state index contributed by atoms with van der Waals surface area (Å²) in [6.07, 6.45) is 1.91. The molecule has 1 N–H and O–H groups in total. The van der Waals surface area contributed by atoms with Crippen molar-refractivity contribution in [1.29, 1.82) is 0 Å². The summed E-state index contributed by atoms with van der Waals surface area (Å²) in [6.45, 7) is 0. The molecule has 0 saturated heterocycles. The van der Waals surface area contributed by atoms with Crippen molar-refractivity contribution in [3.05, 3.63) is 50.2 Å². The minimum Gasteiger partial charge on any atom is -0.393 e. The molecule has 2 rings (SSSR count). The lowest BCUT2D eigenvalue weighted by molar-refractivity contribution is -0.117. The van der Waals surface area contributed by atoms with Crippen molar-refractivity contribution in [2.45, 2.75) is 25.4 Å². The van der Waals surface area contributed by atoms with Gasteiger partial charge in [-0.05, 0) is 34.7 Å². The molecule has 106 valence electrons. The Labute approximate surface area is 120 Å². The molecule has 1 unspecified atom stereocenters. The fourth-order valence-electron chi connectivity index (χ4n) is 2.20. The lowest BCUT2D eigenvalue weighted by Crippen LogP contribution is -2.20. The van der Waals surface area contributed by atoms with Gasteiger partial charge in [0.25, 0.3) is 0 Å². The number of carbonyl (C=O) groups is 1. The van der Waals surface area contributed by atoms with Crippen LogP contribution in [0.4, 0.5) is 11.4 Å². The van der Waals surface area contributed by atoms with E-state index in [1.165, 1.54) is 6.08 Å². The maximum Gasteiger partial charge on any atom is 0.159 e. The molecule has 1 atom stereocenters. The fraction of sp³-hybridized carbons (Fsp3) is 0.308. The summed E-state index contributed by atoms with van der Waals surface area (Å²) in [4.78, 5) is 17.3. The van der Waals surface area contributed by atoms with Crippen LogP contribution in [0.3, 0.4) is 0 Å². The molecule has 0 bridgehead atoms. The molecular weight excluding hydrogens is 272 g/mol. The van der Waals surface area contributed by atoms with E-state index in [1.807, 2.05) is 0 Å². The van der Waals surface area contributed by atoms with E-state index in [0.717, 1.165) is 0 Å². The highest BCUT2D eigenvalue weighted by Gasteiger charge is 2.22. The van der Waals surface area contributed by atoms with Crippen molar-refractivity contribution >= 4 is 23.2 Å². The van der Waals surface area contributed by atoms with Gasteiger partial charge in [-0.2, -0.15) is 0 Å². The molecule has 1 aliphatic carbocycles. The van der Waals surface area contributed by atoms with Gasteiger partial charge in [0.05, 0.1) is 6.10 Å².